The number of imide groups is 1. The topological polar surface area (TPSA) is 75.7 Å². The zero-order valence-electron chi connectivity index (χ0n) is 23.2. The van der Waals surface area contributed by atoms with Crippen LogP contribution in [0.5, 0.6) is 5.75 Å². The van der Waals surface area contributed by atoms with E-state index in [1.807, 2.05) is 56.3 Å². The third-order valence-corrected chi connectivity index (χ3v) is 7.66. The van der Waals surface area contributed by atoms with Gasteiger partial charge < -0.3 is 10.1 Å². The fourth-order valence-corrected chi connectivity index (χ4v) is 4.96. The third-order valence-electron chi connectivity index (χ3n) is 7.30. The smallest absolute Gasteiger partial charge is 0.343 e. The van der Waals surface area contributed by atoms with Crippen molar-refractivity contribution in [2.75, 3.05) is 10.2 Å². The quantitative estimate of drug-likeness (QED) is 0.145. The van der Waals surface area contributed by atoms with Gasteiger partial charge in [-0.05, 0) is 78.6 Å². The number of carbonyl (C=O) groups excluding carboxylic acids is 3. The van der Waals surface area contributed by atoms with Crippen LogP contribution < -0.4 is 15.0 Å². The summed E-state index contributed by atoms with van der Waals surface area (Å²) in [4.78, 5) is 39.9. The summed E-state index contributed by atoms with van der Waals surface area (Å²) in [5, 5.41) is 2.74. The molecule has 1 aliphatic heterocycles. The number of ether oxygens (including phenoxy) is 1. The molecular formula is C34H29ClN2O4. The van der Waals surface area contributed by atoms with E-state index in [9.17, 15) is 14.4 Å². The molecule has 4 aromatic rings. The lowest BCUT2D eigenvalue weighted by Gasteiger charge is -2.26. The van der Waals surface area contributed by atoms with Crippen molar-refractivity contribution in [3.63, 3.8) is 0 Å². The van der Waals surface area contributed by atoms with E-state index in [4.69, 9.17) is 16.3 Å². The molecule has 0 unspecified atom stereocenters. The van der Waals surface area contributed by atoms with E-state index in [-0.39, 0.29) is 16.1 Å². The molecule has 206 valence electrons. The molecule has 0 fully saturated rings. The van der Waals surface area contributed by atoms with Gasteiger partial charge in [-0.2, -0.15) is 0 Å². The molecule has 0 saturated heterocycles. The van der Waals surface area contributed by atoms with Crippen LogP contribution >= 0.6 is 11.6 Å². The second-order valence-corrected chi connectivity index (χ2v) is 10.9. The summed E-state index contributed by atoms with van der Waals surface area (Å²) in [5.41, 5.74) is 5.07. The second kappa shape index (κ2) is 11.1. The van der Waals surface area contributed by atoms with Crippen LogP contribution in [0.3, 0.4) is 0 Å². The number of halogens is 1. The zero-order valence-corrected chi connectivity index (χ0v) is 24.0. The fraction of sp³-hybridized carbons (Fsp3) is 0.147. The second-order valence-electron chi connectivity index (χ2n) is 10.5. The number of hydrogen-bond donors (Lipinski definition) is 1. The third kappa shape index (κ3) is 5.52. The van der Waals surface area contributed by atoms with Gasteiger partial charge in [0.15, 0.2) is 0 Å². The first kappa shape index (κ1) is 27.9. The number of benzene rings is 4. The predicted octanol–water partition coefficient (Wildman–Crippen LogP) is 7.28. The molecule has 1 heterocycles. The molecule has 4 aromatic carbocycles. The minimum Gasteiger partial charge on any atom is -0.423 e. The lowest BCUT2D eigenvalue weighted by Crippen LogP contribution is -2.32. The maximum absolute atomic E-state index is 13.2. The number of aryl methyl sites for hydroxylation is 2. The van der Waals surface area contributed by atoms with E-state index in [0.717, 1.165) is 21.6 Å². The van der Waals surface area contributed by atoms with Crippen LogP contribution in [0.15, 0.2) is 108 Å². The number of nitrogens with one attached hydrogen (secondary N) is 1. The number of carbonyl (C=O) groups is 3. The van der Waals surface area contributed by atoms with Crippen molar-refractivity contribution in [2.24, 2.45) is 0 Å². The van der Waals surface area contributed by atoms with E-state index < -0.39 is 17.8 Å². The van der Waals surface area contributed by atoms with Crippen molar-refractivity contribution in [3.05, 3.63) is 136 Å². The molecule has 0 radical (unpaired) electrons. The number of nitrogens with zero attached hydrogens (tertiary/aromatic N) is 1. The first-order chi connectivity index (χ1) is 19.6. The van der Waals surface area contributed by atoms with Crippen LogP contribution in [0.2, 0.25) is 0 Å². The summed E-state index contributed by atoms with van der Waals surface area (Å²) in [6, 6.07) is 29.6. The maximum Gasteiger partial charge on any atom is 0.343 e. The van der Waals surface area contributed by atoms with Crippen LogP contribution in [0, 0.1) is 13.8 Å². The van der Waals surface area contributed by atoms with Gasteiger partial charge in [0.05, 0.1) is 11.3 Å². The highest BCUT2D eigenvalue weighted by Crippen LogP contribution is 2.34. The van der Waals surface area contributed by atoms with E-state index in [1.54, 1.807) is 42.5 Å². The Kier molecular flexibility index (Phi) is 7.52. The Morgan fingerprint density at radius 3 is 2.10 bits per heavy atom. The molecule has 0 spiro atoms. The Labute approximate surface area is 244 Å². The lowest BCUT2D eigenvalue weighted by atomic mass is 9.78. The first-order valence-corrected chi connectivity index (χ1v) is 13.5. The van der Waals surface area contributed by atoms with Gasteiger partial charge in [0.25, 0.3) is 11.8 Å². The van der Waals surface area contributed by atoms with Gasteiger partial charge in [-0.15, -0.1) is 0 Å². The van der Waals surface area contributed by atoms with Gasteiger partial charge in [-0.3, -0.25) is 9.59 Å². The van der Waals surface area contributed by atoms with Crippen molar-refractivity contribution < 1.29 is 19.1 Å². The van der Waals surface area contributed by atoms with Crippen LogP contribution in [0.4, 0.5) is 11.4 Å². The van der Waals surface area contributed by atoms with Gasteiger partial charge in [-0.1, -0.05) is 80.0 Å². The molecule has 41 heavy (non-hydrogen) atoms. The fourth-order valence-electron chi connectivity index (χ4n) is 4.75. The first-order valence-electron chi connectivity index (χ1n) is 13.2. The van der Waals surface area contributed by atoms with Gasteiger partial charge >= 0.3 is 5.97 Å². The van der Waals surface area contributed by atoms with Gasteiger partial charge in [0.1, 0.15) is 16.5 Å². The number of amides is 2. The van der Waals surface area contributed by atoms with Crippen LogP contribution in [-0.2, 0) is 15.0 Å². The number of hydrogen-bond acceptors (Lipinski definition) is 5. The average molecular weight is 565 g/mol. The molecule has 1 aliphatic rings. The summed E-state index contributed by atoms with van der Waals surface area (Å²) in [5.74, 6) is -1.22. The van der Waals surface area contributed by atoms with Crippen molar-refractivity contribution in [3.8, 4) is 5.75 Å². The van der Waals surface area contributed by atoms with Gasteiger partial charge in [0, 0.05) is 11.1 Å². The molecular weight excluding hydrogens is 536 g/mol. The minimum absolute atomic E-state index is 0.0218. The lowest BCUT2D eigenvalue weighted by molar-refractivity contribution is -0.120. The van der Waals surface area contributed by atoms with E-state index in [1.165, 1.54) is 5.56 Å². The average Bonchev–Trinajstić information content (AvgIpc) is 3.18. The minimum atomic E-state index is -0.591. The monoisotopic (exact) mass is 564 g/mol. The van der Waals surface area contributed by atoms with Crippen LogP contribution in [-0.4, -0.2) is 17.8 Å². The van der Waals surface area contributed by atoms with Crippen molar-refractivity contribution in [1.29, 1.82) is 0 Å². The Bertz CT molecular complexity index is 1670. The SMILES string of the molecule is Cc1ccc(C)c(N2C(=O)C(Cl)=C(Nc3ccc(C(=O)Oc4ccc(C(C)(C)c5ccccc5)cc4)cc3)C2=O)c1. The molecule has 6 nitrogen and oxygen atoms in total. The van der Waals surface area contributed by atoms with Gasteiger partial charge in [0.2, 0.25) is 0 Å². The summed E-state index contributed by atoms with van der Waals surface area (Å²) < 4.78 is 5.58. The highest BCUT2D eigenvalue weighted by atomic mass is 35.5. The zero-order chi connectivity index (χ0) is 29.3. The molecule has 7 heteroatoms. The molecule has 5 rings (SSSR count). The summed E-state index contributed by atoms with van der Waals surface area (Å²) in [6.07, 6.45) is 0. The molecule has 0 atom stereocenters. The molecule has 1 N–H and O–H groups in total. The van der Waals surface area contributed by atoms with E-state index in [2.05, 4.69) is 31.3 Å². The standard InChI is InChI=1S/C34H29ClN2O4/c1-21-10-11-22(2)28(20-21)37-31(38)29(35)30(32(37)39)36-26-16-12-23(13-17-26)33(40)41-27-18-14-25(15-19-27)34(3,4)24-8-6-5-7-9-24/h5-20,36H,1-4H3. The molecule has 0 aliphatic carbocycles. The Morgan fingerprint density at radius 2 is 1.44 bits per heavy atom. The van der Waals surface area contributed by atoms with Crippen LogP contribution in [0.1, 0.15) is 46.5 Å². The number of rotatable bonds is 7. The van der Waals surface area contributed by atoms with Crippen molar-refractivity contribution in [1.82, 2.24) is 0 Å². The predicted molar refractivity (Wildman–Crippen MR) is 161 cm³/mol. The number of esters is 1. The molecule has 0 aromatic heterocycles. The maximum atomic E-state index is 13.2. The summed E-state index contributed by atoms with van der Waals surface area (Å²) >= 11 is 6.29. The molecule has 2 amide bonds. The Morgan fingerprint density at radius 1 is 0.805 bits per heavy atom. The van der Waals surface area contributed by atoms with Crippen molar-refractivity contribution >= 4 is 40.8 Å². The van der Waals surface area contributed by atoms with Crippen molar-refractivity contribution in [2.45, 2.75) is 33.1 Å². The number of anilines is 2. The highest BCUT2D eigenvalue weighted by molar-refractivity contribution is 6.53. The van der Waals surface area contributed by atoms with Gasteiger partial charge in [-0.25, -0.2) is 9.69 Å². The van der Waals surface area contributed by atoms with E-state index in [0.29, 0.717) is 22.7 Å². The summed E-state index contributed by atoms with van der Waals surface area (Å²) in [6.45, 7) is 8.01. The largest absolute Gasteiger partial charge is 0.423 e. The normalized spacial score (nSPS) is 13.5. The molecule has 0 saturated carbocycles. The Balaban J connectivity index is 1.26. The van der Waals surface area contributed by atoms with Crippen LogP contribution in [0.25, 0.3) is 0 Å². The summed E-state index contributed by atoms with van der Waals surface area (Å²) in [7, 11) is 0. The van der Waals surface area contributed by atoms with E-state index >= 15 is 0 Å². The Hall–Kier alpha value is -4.68. The molecule has 0 bridgehead atoms. The highest BCUT2D eigenvalue weighted by Gasteiger charge is 2.39.